The average molecular weight is 499 g/mol. The number of hydroxylamine groups is 1. The van der Waals surface area contributed by atoms with Crippen LogP contribution in [0.5, 0.6) is 0 Å². The molecule has 34 heavy (non-hydrogen) atoms. The summed E-state index contributed by atoms with van der Waals surface area (Å²) in [5, 5.41) is 13.6. The van der Waals surface area contributed by atoms with Crippen LogP contribution in [0, 0.1) is 5.92 Å². The van der Waals surface area contributed by atoms with Crippen LogP contribution in [-0.4, -0.2) is 74.5 Å². The molecule has 10 nitrogen and oxygen atoms in total. The number of carbonyl (C=O) groups excluding carboxylic acids is 1. The van der Waals surface area contributed by atoms with Gasteiger partial charge in [-0.15, -0.1) is 0 Å². The van der Waals surface area contributed by atoms with E-state index in [1.54, 1.807) is 25.1 Å². The van der Waals surface area contributed by atoms with Crippen LogP contribution >= 0.6 is 0 Å². The van der Waals surface area contributed by atoms with E-state index in [0.717, 1.165) is 36.6 Å². The summed E-state index contributed by atoms with van der Waals surface area (Å²) in [6, 6.07) is 7.25. The summed E-state index contributed by atoms with van der Waals surface area (Å²) in [4.78, 5) is 18.5. The van der Waals surface area contributed by atoms with Crippen LogP contribution in [0.25, 0.3) is 0 Å². The molecule has 11 heteroatoms. The first-order valence-corrected chi connectivity index (χ1v) is 13.5. The number of nitrogens with one attached hydrogen (secondary N) is 1. The highest BCUT2D eigenvalue weighted by atomic mass is 32.2. The van der Waals surface area contributed by atoms with Gasteiger partial charge >= 0.3 is 6.09 Å². The number of hydrogen-bond donors (Lipinski definition) is 2. The van der Waals surface area contributed by atoms with Crippen LogP contribution in [-0.2, 0) is 29.1 Å². The van der Waals surface area contributed by atoms with Crippen molar-refractivity contribution >= 4 is 16.1 Å². The molecule has 4 rings (SSSR count). The molecule has 2 saturated heterocycles. The van der Waals surface area contributed by atoms with Crippen molar-refractivity contribution < 1.29 is 37.4 Å². The van der Waals surface area contributed by atoms with Crippen molar-refractivity contribution in [2.75, 3.05) is 19.8 Å². The molecule has 190 valence electrons. The van der Waals surface area contributed by atoms with Gasteiger partial charge in [-0.25, -0.2) is 13.2 Å². The molecule has 3 aliphatic rings. The predicted octanol–water partition coefficient (Wildman–Crippen LogP) is 2.18. The standard InChI is InChI=1S/C23H34N2O8S/c1-2-19(24-23(27)32-21-15-31-22-18(21)12-13-30-22)20(26)14-25(33-16-8-6-7-9-16)34(28,29)17-10-4-3-5-11-17/h3-5,10-11,16,18-22,26H,2,6-9,12-15H2,1H3,(H,24,27)/t18-,19-,20+,21?,22+/m0/s1. The van der Waals surface area contributed by atoms with Crippen molar-refractivity contribution in [2.24, 2.45) is 5.92 Å². The molecule has 2 aliphatic heterocycles. The molecule has 0 bridgehead atoms. The minimum absolute atomic E-state index is 0.00192. The summed E-state index contributed by atoms with van der Waals surface area (Å²) in [6.07, 6.45) is 1.71. The maximum absolute atomic E-state index is 13.3. The molecule has 0 aromatic heterocycles. The number of aliphatic hydroxyl groups is 1. The number of amides is 1. The smallest absolute Gasteiger partial charge is 0.407 e. The first-order chi connectivity index (χ1) is 16.4. The van der Waals surface area contributed by atoms with Crippen molar-refractivity contribution in [3.63, 3.8) is 0 Å². The largest absolute Gasteiger partial charge is 0.443 e. The molecule has 3 fully saturated rings. The summed E-state index contributed by atoms with van der Waals surface area (Å²) in [5.41, 5.74) is 0. The molecule has 2 N–H and O–H groups in total. The highest BCUT2D eigenvalue weighted by Gasteiger charge is 2.44. The average Bonchev–Trinajstić information content (AvgIpc) is 3.58. The highest BCUT2D eigenvalue weighted by Crippen LogP contribution is 2.33. The lowest BCUT2D eigenvalue weighted by atomic mass is 10.0. The second kappa shape index (κ2) is 11.3. The number of ether oxygens (including phenoxy) is 3. The van der Waals surface area contributed by atoms with Gasteiger partial charge in [0.1, 0.15) is 6.10 Å². The maximum Gasteiger partial charge on any atom is 0.407 e. The molecule has 1 aliphatic carbocycles. The molecule has 1 aromatic rings. The number of sulfonamides is 1. The molecule has 5 atom stereocenters. The van der Waals surface area contributed by atoms with Crippen LogP contribution in [0.2, 0.25) is 0 Å². The van der Waals surface area contributed by atoms with E-state index in [1.165, 1.54) is 12.1 Å². The van der Waals surface area contributed by atoms with E-state index in [-0.39, 0.29) is 36.4 Å². The van der Waals surface area contributed by atoms with E-state index in [9.17, 15) is 18.3 Å². The van der Waals surface area contributed by atoms with Gasteiger partial charge in [-0.3, -0.25) is 4.84 Å². The van der Waals surface area contributed by atoms with E-state index >= 15 is 0 Å². The van der Waals surface area contributed by atoms with Crippen LogP contribution in [0.3, 0.4) is 0 Å². The number of aliphatic hydroxyl groups excluding tert-OH is 1. The fourth-order valence-electron chi connectivity index (χ4n) is 4.69. The van der Waals surface area contributed by atoms with E-state index in [1.807, 2.05) is 0 Å². The zero-order valence-corrected chi connectivity index (χ0v) is 20.2. The van der Waals surface area contributed by atoms with Gasteiger partial charge in [0.05, 0.1) is 48.8 Å². The topological polar surface area (TPSA) is 124 Å². The minimum Gasteiger partial charge on any atom is -0.443 e. The fraction of sp³-hybridized carbons (Fsp3) is 0.696. The van der Waals surface area contributed by atoms with E-state index in [2.05, 4.69) is 5.32 Å². The zero-order valence-electron chi connectivity index (χ0n) is 19.4. The molecule has 2 heterocycles. The molecule has 0 radical (unpaired) electrons. The summed E-state index contributed by atoms with van der Waals surface area (Å²) >= 11 is 0. The van der Waals surface area contributed by atoms with Gasteiger partial charge < -0.3 is 24.6 Å². The Morgan fingerprint density at radius 3 is 2.65 bits per heavy atom. The van der Waals surface area contributed by atoms with Crippen molar-refractivity contribution in [2.45, 2.75) is 81.0 Å². The maximum atomic E-state index is 13.3. The third kappa shape index (κ3) is 5.89. The number of hydrogen-bond acceptors (Lipinski definition) is 8. The highest BCUT2D eigenvalue weighted by molar-refractivity contribution is 7.89. The molecule has 1 unspecified atom stereocenters. The summed E-state index contributed by atoms with van der Waals surface area (Å²) < 4.78 is 43.9. The Labute approximate surface area is 200 Å². The Bertz CT molecular complexity index is 909. The van der Waals surface area contributed by atoms with Crippen LogP contribution < -0.4 is 5.32 Å². The SMILES string of the molecule is CC[C@H](NC(=O)OC1CO[C@H]2OCC[C@@H]12)[C@H](O)CN(OC1CCCC1)S(=O)(=O)c1ccccc1. The minimum atomic E-state index is -4.01. The lowest BCUT2D eigenvalue weighted by Gasteiger charge is -2.30. The molecular weight excluding hydrogens is 464 g/mol. The van der Waals surface area contributed by atoms with E-state index < -0.39 is 34.4 Å². The number of benzene rings is 1. The number of fused-ring (bicyclic) bond motifs is 1. The van der Waals surface area contributed by atoms with Gasteiger partial charge in [-0.2, -0.15) is 0 Å². The zero-order chi connectivity index (χ0) is 24.1. The third-order valence-electron chi connectivity index (χ3n) is 6.67. The second-order valence-corrected chi connectivity index (χ2v) is 10.8. The Kier molecular flexibility index (Phi) is 8.43. The van der Waals surface area contributed by atoms with Crippen molar-refractivity contribution in [1.82, 2.24) is 9.79 Å². The van der Waals surface area contributed by atoms with Crippen LogP contribution in [0.15, 0.2) is 35.2 Å². The van der Waals surface area contributed by atoms with E-state index in [4.69, 9.17) is 19.0 Å². The number of rotatable bonds is 10. The molecule has 0 spiro atoms. The first-order valence-electron chi connectivity index (χ1n) is 12.0. The Hall–Kier alpha value is -1.76. The normalized spacial score (nSPS) is 27.0. The first kappa shape index (κ1) is 25.3. The van der Waals surface area contributed by atoms with Gasteiger partial charge in [-0.05, 0) is 37.8 Å². The van der Waals surface area contributed by atoms with Gasteiger partial charge in [0.2, 0.25) is 0 Å². The van der Waals surface area contributed by atoms with Crippen LogP contribution in [0.4, 0.5) is 4.79 Å². The molecular formula is C23H34N2O8S. The Morgan fingerprint density at radius 2 is 1.94 bits per heavy atom. The van der Waals surface area contributed by atoms with Crippen molar-refractivity contribution in [3.8, 4) is 0 Å². The lowest BCUT2D eigenvalue weighted by molar-refractivity contribution is -0.145. The summed E-state index contributed by atoms with van der Waals surface area (Å²) in [7, 11) is -4.01. The van der Waals surface area contributed by atoms with E-state index in [0.29, 0.717) is 13.0 Å². The number of carbonyl (C=O) groups is 1. The van der Waals surface area contributed by atoms with Crippen molar-refractivity contribution in [3.05, 3.63) is 30.3 Å². The monoisotopic (exact) mass is 498 g/mol. The molecule has 1 aromatic carbocycles. The summed E-state index contributed by atoms with van der Waals surface area (Å²) in [6.45, 7) is 2.30. The summed E-state index contributed by atoms with van der Waals surface area (Å²) in [5.74, 6) is 0.00192. The van der Waals surface area contributed by atoms with Gasteiger partial charge in [0, 0.05) is 0 Å². The van der Waals surface area contributed by atoms with Crippen LogP contribution in [0.1, 0.15) is 45.4 Å². The number of alkyl carbamates (subject to hydrolysis) is 1. The fourth-order valence-corrected chi connectivity index (χ4v) is 6.01. The molecule has 1 amide bonds. The second-order valence-electron chi connectivity index (χ2n) is 9.01. The van der Waals surface area contributed by atoms with Gasteiger partial charge in [0.15, 0.2) is 6.29 Å². The lowest BCUT2D eigenvalue weighted by Crippen LogP contribution is -2.50. The Morgan fingerprint density at radius 1 is 1.21 bits per heavy atom. The van der Waals surface area contributed by atoms with Gasteiger partial charge in [-0.1, -0.05) is 42.4 Å². The molecule has 1 saturated carbocycles. The van der Waals surface area contributed by atoms with Gasteiger partial charge in [0.25, 0.3) is 10.0 Å². The Balaban J connectivity index is 1.40. The third-order valence-corrected chi connectivity index (χ3v) is 8.30. The quantitative estimate of drug-likeness (QED) is 0.471. The predicted molar refractivity (Wildman–Crippen MR) is 121 cm³/mol. The number of nitrogens with zero attached hydrogens (tertiary/aromatic N) is 1. The van der Waals surface area contributed by atoms with Crippen molar-refractivity contribution in [1.29, 1.82) is 0 Å².